The van der Waals surface area contributed by atoms with E-state index < -0.39 is 11.7 Å². The molecule has 1 rings (SSSR count). The smallest absolute Gasteiger partial charge is 0.354 e. The van der Waals surface area contributed by atoms with Crippen LogP contribution in [0.5, 0.6) is 0 Å². The summed E-state index contributed by atoms with van der Waals surface area (Å²) in [6, 6.07) is 0. The maximum atomic E-state index is 10.5. The Morgan fingerprint density at radius 1 is 1.73 bits per heavy atom. The number of halogens is 1. The largest absolute Gasteiger partial charge is 0.477 e. The number of H-pyrrole nitrogens is 1. The van der Waals surface area contributed by atoms with E-state index in [9.17, 15) is 9.59 Å². The summed E-state index contributed by atoms with van der Waals surface area (Å²) in [4.78, 5) is 25.9. The molecule has 0 aliphatic heterocycles. The lowest BCUT2D eigenvalue weighted by molar-refractivity contribution is 0.0690. The number of carbonyl (C=O) groups is 1. The molecule has 0 amide bonds. The number of hydrogen-bond acceptors (Lipinski definition) is 3. The molecule has 0 fully saturated rings. The van der Waals surface area contributed by atoms with Crippen LogP contribution in [0.2, 0.25) is 5.02 Å². The van der Waals surface area contributed by atoms with Gasteiger partial charge in [-0.3, -0.25) is 4.98 Å². The van der Waals surface area contributed by atoms with E-state index in [1.54, 1.807) is 0 Å². The molecule has 0 saturated heterocycles. The van der Waals surface area contributed by atoms with Gasteiger partial charge in [-0.25, -0.2) is 14.6 Å². The Morgan fingerprint density at radius 2 is 2.36 bits per heavy atom. The first kappa shape index (κ1) is 7.74. The number of aromatic nitrogens is 2. The van der Waals surface area contributed by atoms with Crippen molar-refractivity contribution in [2.45, 2.75) is 0 Å². The molecule has 5 nitrogen and oxygen atoms in total. The van der Waals surface area contributed by atoms with Crippen molar-refractivity contribution in [2.24, 2.45) is 0 Å². The fourth-order valence-corrected chi connectivity index (χ4v) is 0.711. The molecule has 0 aliphatic rings. The number of aromatic carboxylic acids is 1. The summed E-state index contributed by atoms with van der Waals surface area (Å²) in [5, 5.41) is 8.32. The SMILES string of the molecule is O=C(O)c1[nH]c(=O)ncc1Cl. The van der Waals surface area contributed by atoms with Gasteiger partial charge in [-0.1, -0.05) is 11.6 Å². The van der Waals surface area contributed by atoms with Crippen LogP contribution in [0.3, 0.4) is 0 Å². The second kappa shape index (κ2) is 2.71. The van der Waals surface area contributed by atoms with E-state index in [2.05, 4.69) is 4.98 Å². The van der Waals surface area contributed by atoms with Crippen molar-refractivity contribution in [3.63, 3.8) is 0 Å². The van der Waals surface area contributed by atoms with Gasteiger partial charge >= 0.3 is 11.7 Å². The Hall–Kier alpha value is -1.36. The Kier molecular flexibility index (Phi) is 1.91. The molecular formula is C5H3ClN2O3. The maximum Gasteiger partial charge on any atom is 0.354 e. The predicted octanol–water partition coefficient (Wildman–Crippen LogP) is 0.121. The monoisotopic (exact) mass is 174 g/mol. The summed E-state index contributed by atoms with van der Waals surface area (Å²) in [6.07, 6.45) is 0.990. The maximum absolute atomic E-state index is 10.5. The highest BCUT2D eigenvalue weighted by Gasteiger charge is 2.08. The van der Waals surface area contributed by atoms with E-state index in [4.69, 9.17) is 16.7 Å². The molecule has 6 heteroatoms. The molecule has 0 bridgehead atoms. The highest BCUT2D eigenvalue weighted by molar-refractivity contribution is 6.33. The third-order valence-electron chi connectivity index (χ3n) is 0.980. The first-order valence-corrected chi connectivity index (χ1v) is 2.97. The molecule has 0 radical (unpaired) electrons. The third kappa shape index (κ3) is 1.56. The minimum Gasteiger partial charge on any atom is -0.477 e. The van der Waals surface area contributed by atoms with Crippen molar-refractivity contribution in [1.29, 1.82) is 0 Å². The molecular weight excluding hydrogens is 172 g/mol. The number of carboxylic acid groups (broad SMARTS) is 1. The van der Waals surface area contributed by atoms with Gasteiger partial charge in [-0.05, 0) is 0 Å². The van der Waals surface area contributed by atoms with Crippen LogP contribution in [-0.4, -0.2) is 21.0 Å². The normalized spacial score (nSPS) is 9.55. The Balaban J connectivity index is 3.35. The van der Waals surface area contributed by atoms with Gasteiger partial charge in [0.1, 0.15) is 5.69 Å². The highest BCUT2D eigenvalue weighted by Crippen LogP contribution is 2.08. The molecule has 11 heavy (non-hydrogen) atoms. The molecule has 2 N–H and O–H groups in total. The molecule has 1 aromatic rings. The van der Waals surface area contributed by atoms with Crippen molar-refractivity contribution in [3.05, 3.63) is 27.4 Å². The summed E-state index contributed by atoms with van der Waals surface area (Å²) in [5.41, 5.74) is -1.07. The summed E-state index contributed by atoms with van der Waals surface area (Å²) in [7, 11) is 0. The number of carboxylic acids is 1. The van der Waals surface area contributed by atoms with E-state index in [1.807, 2.05) is 4.98 Å². The van der Waals surface area contributed by atoms with Gasteiger partial charge in [-0.2, -0.15) is 0 Å². The summed E-state index contributed by atoms with van der Waals surface area (Å²) in [6.45, 7) is 0. The van der Waals surface area contributed by atoms with Crippen LogP contribution in [-0.2, 0) is 0 Å². The zero-order valence-electron chi connectivity index (χ0n) is 5.17. The second-order valence-electron chi connectivity index (χ2n) is 1.72. The van der Waals surface area contributed by atoms with Crippen LogP contribution in [0.15, 0.2) is 11.0 Å². The number of nitrogens with one attached hydrogen (secondary N) is 1. The Labute approximate surface area is 65.7 Å². The van der Waals surface area contributed by atoms with Gasteiger partial charge in [0.15, 0.2) is 0 Å². The lowest BCUT2D eigenvalue weighted by atomic mass is 10.4. The van der Waals surface area contributed by atoms with Crippen LogP contribution in [0.1, 0.15) is 10.5 Å². The molecule has 58 valence electrons. The number of aromatic amines is 1. The van der Waals surface area contributed by atoms with Crippen LogP contribution >= 0.6 is 11.6 Å². The van der Waals surface area contributed by atoms with Gasteiger partial charge < -0.3 is 5.11 Å². The zero-order chi connectivity index (χ0) is 8.43. The van der Waals surface area contributed by atoms with E-state index in [0.29, 0.717) is 0 Å². The van der Waals surface area contributed by atoms with Crippen molar-refractivity contribution < 1.29 is 9.90 Å². The van der Waals surface area contributed by atoms with E-state index in [0.717, 1.165) is 6.20 Å². The molecule has 0 unspecified atom stereocenters. The molecule has 0 atom stereocenters. The van der Waals surface area contributed by atoms with Crippen LogP contribution in [0.4, 0.5) is 0 Å². The molecule has 0 aromatic carbocycles. The molecule has 1 aromatic heterocycles. The lowest BCUT2D eigenvalue weighted by Crippen LogP contribution is -2.15. The first-order chi connectivity index (χ1) is 5.11. The highest BCUT2D eigenvalue weighted by atomic mass is 35.5. The first-order valence-electron chi connectivity index (χ1n) is 2.59. The minimum absolute atomic E-state index is 0.0860. The van der Waals surface area contributed by atoms with Gasteiger partial charge in [-0.15, -0.1) is 0 Å². The quantitative estimate of drug-likeness (QED) is 0.634. The van der Waals surface area contributed by atoms with E-state index >= 15 is 0 Å². The fourth-order valence-electron chi connectivity index (χ4n) is 0.534. The topological polar surface area (TPSA) is 83.0 Å². The van der Waals surface area contributed by atoms with E-state index in [1.165, 1.54) is 0 Å². The Morgan fingerprint density at radius 3 is 2.82 bits per heavy atom. The third-order valence-corrected chi connectivity index (χ3v) is 1.27. The Bertz CT molecular complexity index is 346. The van der Waals surface area contributed by atoms with Crippen LogP contribution < -0.4 is 5.69 Å². The standard InChI is InChI=1S/C5H3ClN2O3/c6-2-1-7-5(11)8-3(2)4(9)10/h1H,(H,9,10)(H,7,8,11). The van der Waals surface area contributed by atoms with Gasteiger partial charge in [0, 0.05) is 0 Å². The number of hydrogen-bond donors (Lipinski definition) is 2. The van der Waals surface area contributed by atoms with Gasteiger partial charge in [0.05, 0.1) is 11.2 Å². The second-order valence-corrected chi connectivity index (χ2v) is 2.12. The molecule has 0 saturated carbocycles. The van der Waals surface area contributed by atoms with E-state index in [-0.39, 0.29) is 10.7 Å². The number of rotatable bonds is 1. The zero-order valence-corrected chi connectivity index (χ0v) is 5.92. The van der Waals surface area contributed by atoms with Crippen LogP contribution in [0.25, 0.3) is 0 Å². The minimum atomic E-state index is -1.28. The predicted molar refractivity (Wildman–Crippen MR) is 36.8 cm³/mol. The van der Waals surface area contributed by atoms with Gasteiger partial charge in [0.25, 0.3) is 0 Å². The summed E-state index contributed by atoms with van der Waals surface area (Å²) in [5.74, 6) is -1.28. The van der Waals surface area contributed by atoms with Gasteiger partial charge in [0.2, 0.25) is 0 Å². The van der Waals surface area contributed by atoms with Crippen molar-refractivity contribution in [3.8, 4) is 0 Å². The van der Waals surface area contributed by atoms with Crippen LogP contribution in [0, 0.1) is 0 Å². The summed E-state index contributed by atoms with van der Waals surface area (Å²) < 4.78 is 0. The molecule has 0 spiro atoms. The number of nitrogens with zero attached hydrogens (tertiary/aromatic N) is 1. The molecule has 1 heterocycles. The van der Waals surface area contributed by atoms with Crippen molar-refractivity contribution in [1.82, 2.24) is 9.97 Å². The average molecular weight is 175 g/mol. The molecule has 0 aliphatic carbocycles. The fraction of sp³-hybridized carbons (Fsp3) is 0. The lowest BCUT2D eigenvalue weighted by Gasteiger charge is -1.93. The summed E-state index contributed by atoms with van der Waals surface area (Å²) >= 11 is 5.38. The van der Waals surface area contributed by atoms with Crippen molar-refractivity contribution in [2.75, 3.05) is 0 Å². The average Bonchev–Trinajstić information content (AvgIpc) is 1.94. The van der Waals surface area contributed by atoms with Crippen molar-refractivity contribution >= 4 is 17.6 Å².